The predicted octanol–water partition coefficient (Wildman–Crippen LogP) is 4.20. The highest BCUT2D eigenvalue weighted by molar-refractivity contribution is 5.85. The minimum absolute atomic E-state index is 0.118. The van der Waals surface area contributed by atoms with Gasteiger partial charge in [-0.2, -0.15) is 0 Å². The number of para-hydroxylation sites is 1. The first-order valence-electron chi connectivity index (χ1n) is 8.85. The van der Waals surface area contributed by atoms with Crippen molar-refractivity contribution < 1.29 is 9.47 Å². The molecule has 1 atom stereocenters. The Labute approximate surface area is 148 Å². The molecule has 4 heteroatoms. The average molecular weight is 336 g/mol. The van der Waals surface area contributed by atoms with Crippen LogP contribution in [0.5, 0.6) is 11.5 Å². The first kappa shape index (κ1) is 16.0. The molecule has 1 aliphatic rings. The number of hydrogen-bond acceptors (Lipinski definition) is 3. The van der Waals surface area contributed by atoms with Crippen molar-refractivity contribution >= 4 is 10.9 Å². The third-order valence-electron chi connectivity index (χ3n) is 4.74. The maximum atomic E-state index is 5.84. The zero-order valence-electron chi connectivity index (χ0n) is 14.9. The third kappa shape index (κ3) is 2.87. The van der Waals surface area contributed by atoms with E-state index >= 15 is 0 Å². The maximum absolute atomic E-state index is 5.84. The maximum Gasteiger partial charge on any atom is 0.161 e. The van der Waals surface area contributed by atoms with Gasteiger partial charge in [0.2, 0.25) is 0 Å². The van der Waals surface area contributed by atoms with E-state index in [4.69, 9.17) is 9.47 Å². The van der Waals surface area contributed by atoms with Crippen molar-refractivity contribution in [2.45, 2.75) is 32.4 Å². The van der Waals surface area contributed by atoms with Crippen LogP contribution in [0.25, 0.3) is 10.9 Å². The number of hydrogen-bond donors (Lipinski definition) is 2. The van der Waals surface area contributed by atoms with Crippen LogP contribution in [0.1, 0.15) is 36.7 Å². The Balaban J connectivity index is 1.76. The van der Waals surface area contributed by atoms with Gasteiger partial charge in [0.25, 0.3) is 0 Å². The molecule has 1 aromatic heterocycles. The fourth-order valence-electron chi connectivity index (χ4n) is 3.68. The molecule has 1 aliphatic heterocycles. The zero-order valence-corrected chi connectivity index (χ0v) is 14.9. The summed E-state index contributed by atoms with van der Waals surface area (Å²) in [6.07, 6.45) is 1.16. The summed E-state index contributed by atoms with van der Waals surface area (Å²) in [6.45, 7) is 5.01. The lowest BCUT2D eigenvalue weighted by Crippen LogP contribution is -2.30. The van der Waals surface area contributed by atoms with Crippen molar-refractivity contribution in [2.24, 2.45) is 0 Å². The summed E-state index contributed by atoms with van der Waals surface area (Å²) in [5.74, 6) is 1.56. The number of aromatic nitrogens is 1. The van der Waals surface area contributed by atoms with Crippen molar-refractivity contribution in [1.82, 2.24) is 10.3 Å². The molecule has 0 spiro atoms. The summed E-state index contributed by atoms with van der Waals surface area (Å²) in [6, 6.07) is 14.9. The minimum atomic E-state index is 0.118. The molecule has 2 heterocycles. The van der Waals surface area contributed by atoms with E-state index in [1.54, 1.807) is 7.11 Å². The lowest BCUT2D eigenvalue weighted by atomic mass is 9.94. The van der Waals surface area contributed by atoms with Gasteiger partial charge in [-0.25, -0.2) is 0 Å². The summed E-state index contributed by atoms with van der Waals surface area (Å²) in [5.41, 5.74) is 5.06. The van der Waals surface area contributed by atoms with E-state index < -0.39 is 0 Å². The molecule has 0 unspecified atom stereocenters. The molecule has 2 N–H and O–H groups in total. The Kier molecular flexibility index (Phi) is 4.14. The van der Waals surface area contributed by atoms with E-state index in [0.29, 0.717) is 0 Å². The molecule has 0 saturated heterocycles. The fraction of sp³-hybridized carbons (Fsp3) is 0.333. The average Bonchev–Trinajstić information content (AvgIpc) is 3.00. The SMILES string of the molecule is COc1cc([C@@H]2NCCc3c2[nH]c2ccccc32)ccc1OC(C)C. The second-order valence-electron chi connectivity index (χ2n) is 6.78. The molecule has 0 aliphatic carbocycles. The molecule has 0 saturated carbocycles. The van der Waals surface area contributed by atoms with E-state index in [2.05, 4.69) is 46.7 Å². The fourth-order valence-corrected chi connectivity index (χ4v) is 3.68. The van der Waals surface area contributed by atoms with Crippen molar-refractivity contribution in [3.8, 4) is 11.5 Å². The number of nitrogens with one attached hydrogen (secondary N) is 2. The number of fused-ring (bicyclic) bond motifs is 3. The molecule has 2 aromatic carbocycles. The highest BCUT2D eigenvalue weighted by Gasteiger charge is 2.26. The Hall–Kier alpha value is -2.46. The topological polar surface area (TPSA) is 46.3 Å². The molecule has 25 heavy (non-hydrogen) atoms. The molecule has 0 fully saturated rings. The number of ether oxygens (including phenoxy) is 2. The molecule has 130 valence electrons. The van der Waals surface area contributed by atoms with Gasteiger partial charge in [-0.1, -0.05) is 24.3 Å². The van der Waals surface area contributed by atoms with Crippen LogP contribution in [-0.4, -0.2) is 24.7 Å². The largest absolute Gasteiger partial charge is 0.493 e. The summed E-state index contributed by atoms with van der Waals surface area (Å²) in [7, 11) is 1.69. The monoisotopic (exact) mass is 336 g/mol. The van der Waals surface area contributed by atoms with Crippen molar-refractivity contribution in [3.05, 3.63) is 59.3 Å². The van der Waals surface area contributed by atoms with Crippen LogP contribution < -0.4 is 14.8 Å². The minimum Gasteiger partial charge on any atom is -0.493 e. The van der Waals surface area contributed by atoms with Gasteiger partial charge >= 0.3 is 0 Å². The van der Waals surface area contributed by atoms with Gasteiger partial charge in [0.05, 0.1) is 19.3 Å². The zero-order chi connectivity index (χ0) is 17.4. The second kappa shape index (κ2) is 6.45. The molecule has 0 radical (unpaired) electrons. The van der Waals surface area contributed by atoms with E-state index in [-0.39, 0.29) is 12.1 Å². The van der Waals surface area contributed by atoms with Crippen molar-refractivity contribution in [1.29, 1.82) is 0 Å². The quantitative estimate of drug-likeness (QED) is 0.751. The normalized spacial score (nSPS) is 16.9. The van der Waals surface area contributed by atoms with Gasteiger partial charge in [-0.15, -0.1) is 0 Å². The molecule has 4 rings (SSSR count). The van der Waals surface area contributed by atoms with Gasteiger partial charge in [0, 0.05) is 23.1 Å². The van der Waals surface area contributed by atoms with Crippen molar-refractivity contribution in [2.75, 3.05) is 13.7 Å². The number of rotatable bonds is 4. The number of aromatic amines is 1. The highest BCUT2D eigenvalue weighted by atomic mass is 16.5. The Morgan fingerprint density at radius 3 is 2.72 bits per heavy atom. The van der Waals surface area contributed by atoms with Crippen molar-refractivity contribution in [3.63, 3.8) is 0 Å². The molecular formula is C21H24N2O2. The van der Waals surface area contributed by atoms with Crippen LogP contribution in [0.4, 0.5) is 0 Å². The number of benzene rings is 2. The van der Waals surface area contributed by atoms with Gasteiger partial charge in [0.1, 0.15) is 0 Å². The Bertz CT molecular complexity index is 898. The standard InChI is InChI=1S/C21H24N2O2/c1-13(2)25-18-9-8-14(12-19(18)24-3)20-21-16(10-11-22-20)15-6-4-5-7-17(15)23-21/h4-9,12-13,20,22-23H,10-11H2,1-3H3/t20-/m0/s1. The van der Waals surface area contributed by atoms with Gasteiger partial charge < -0.3 is 19.8 Å². The van der Waals surface area contributed by atoms with E-state index in [0.717, 1.165) is 24.5 Å². The Morgan fingerprint density at radius 2 is 1.92 bits per heavy atom. The smallest absolute Gasteiger partial charge is 0.161 e. The van der Waals surface area contributed by atoms with E-state index in [9.17, 15) is 0 Å². The van der Waals surface area contributed by atoms with Gasteiger partial charge in [0.15, 0.2) is 11.5 Å². The van der Waals surface area contributed by atoms with E-state index in [1.165, 1.54) is 27.7 Å². The molecular weight excluding hydrogens is 312 g/mol. The number of H-pyrrole nitrogens is 1. The van der Waals surface area contributed by atoms with Crippen LogP contribution >= 0.6 is 0 Å². The first-order chi connectivity index (χ1) is 12.2. The summed E-state index contributed by atoms with van der Waals surface area (Å²) in [5, 5.41) is 4.97. The van der Waals surface area contributed by atoms with E-state index in [1.807, 2.05) is 19.9 Å². The van der Waals surface area contributed by atoms with Crippen LogP contribution in [0.2, 0.25) is 0 Å². The van der Waals surface area contributed by atoms with Crippen LogP contribution in [0, 0.1) is 0 Å². The van der Waals surface area contributed by atoms with Crippen LogP contribution in [0.3, 0.4) is 0 Å². The summed E-state index contributed by atoms with van der Waals surface area (Å²) < 4.78 is 11.4. The Morgan fingerprint density at radius 1 is 1.08 bits per heavy atom. The van der Waals surface area contributed by atoms with Crippen LogP contribution in [-0.2, 0) is 6.42 Å². The molecule has 0 amide bonds. The third-order valence-corrected chi connectivity index (χ3v) is 4.74. The van der Waals surface area contributed by atoms with Crippen LogP contribution in [0.15, 0.2) is 42.5 Å². The highest BCUT2D eigenvalue weighted by Crippen LogP contribution is 2.37. The number of methoxy groups -OCH3 is 1. The summed E-state index contributed by atoms with van der Waals surface area (Å²) in [4.78, 5) is 3.61. The molecule has 0 bridgehead atoms. The van der Waals surface area contributed by atoms with Gasteiger partial charge in [-0.3, -0.25) is 0 Å². The molecule has 3 aromatic rings. The first-order valence-corrected chi connectivity index (χ1v) is 8.85. The lowest BCUT2D eigenvalue weighted by molar-refractivity contribution is 0.230. The molecule has 4 nitrogen and oxygen atoms in total. The van der Waals surface area contributed by atoms with Gasteiger partial charge in [-0.05, 0) is 49.6 Å². The predicted molar refractivity (Wildman–Crippen MR) is 101 cm³/mol. The lowest BCUT2D eigenvalue weighted by Gasteiger charge is -2.25. The second-order valence-corrected chi connectivity index (χ2v) is 6.78. The summed E-state index contributed by atoms with van der Waals surface area (Å²) >= 11 is 0.